The molecule has 1 heterocycles. The maximum Gasteiger partial charge on any atom is 0.283 e. The van der Waals surface area contributed by atoms with Gasteiger partial charge in [-0.1, -0.05) is 0 Å². The molecular formula is C12H19BrN4O. The van der Waals surface area contributed by atoms with E-state index in [9.17, 15) is 4.79 Å². The van der Waals surface area contributed by atoms with Gasteiger partial charge >= 0.3 is 0 Å². The van der Waals surface area contributed by atoms with Crippen LogP contribution in [0.4, 0.5) is 5.69 Å². The van der Waals surface area contributed by atoms with Crippen LogP contribution >= 0.6 is 15.9 Å². The zero-order valence-electron chi connectivity index (χ0n) is 10.8. The van der Waals surface area contributed by atoms with E-state index in [1.165, 1.54) is 17.5 Å². The Bertz CT molecular complexity index is 483. The predicted octanol–water partition coefficient (Wildman–Crippen LogP) is 1.20. The van der Waals surface area contributed by atoms with Crippen molar-refractivity contribution in [3.63, 3.8) is 0 Å². The van der Waals surface area contributed by atoms with Gasteiger partial charge in [-0.15, -0.1) is 0 Å². The zero-order valence-corrected chi connectivity index (χ0v) is 12.4. The van der Waals surface area contributed by atoms with E-state index in [0.717, 1.165) is 5.69 Å². The lowest BCUT2D eigenvalue weighted by Crippen LogP contribution is -2.41. The molecule has 0 saturated heterocycles. The molecule has 1 aliphatic rings. The number of aromatic nitrogens is 2. The van der Waals surface area contributed by atoms with E-state index in [1.54, 1.807) is 6.20 Å². The van der Waals surface area contributed by atoms with Gasteiger partial charge in [-0.2, -0.15) is 5.10 Å². The van der Waals surface area contributed by atoms with Gasteiger partial charge < -0.3 is 10.6 Å². The van der Waals surface area contributed by atoms with Crippen molar-refractivity contribution in [3.05, 3.63) is 21.0 Å². The Morgan fingerprint density at radius 3 is 2.83 bits per heavy atom. The smallest absolute Gasteiger partial charge is 0.283 e. The van der Waals surface area contributed by atoms with Crippen molar-refractivity contribution < 1.29 is 0 Å². The summed E-state index contributed by atoms with van der Waals surface area (Å²) >= 11 is 3.38. The first-order valence-corrected chi connectivity index (χ1v) is 7.08. The zero-order chi connectivity index (χ0) is 13.3. The summed E-state index contributed by atoms with van der Waals surface area (Å²) < 4.78 is 2.01. The number of anilines is 1. The SMILES string of the molecule is CCn1ncc(N(C)C(CN)C2CC2)c(Br)c1=O. The number of aryl methyl sites for hydroxylation is 1. The van der Waals surface area contributed by atoms with Crippen LogP contribution in [-0.4, -0.2) is 29.4 Å². The van der Waals surface area contributed by atoms with Crippen LogP contribution in [-0.2, 0) is 6.54 Å². The average Bonchev–Trinajstić information content (AvgIpc) is 3.18. The summed E-state index contributed by atoms with van der Waals surface area (Å²) in [5.41, 5.74) is 6.57. The Labute approximate surface area is 115 Å². The van der Waals surface area contributed by atoms with Crippen LogP contribution in [0, 0.1) is 5.92 Å². The predicted molar refractivity (Wildman–Crippen MR) is 75.8 cm³/mol. The molecule has 0 spiro atoms. The lowest BCUT2D eigenvalue weighted by molar-refractivity contribution is 0.561. The second-order valence-corrected chi connectivity index (χ2v) is 5.51. The summed E-state index contributed by atoms with van der Waals surface area (Å²) in [6.07, 6.45) is 4.19. The molecule has 2 rings (SSSR count). The number of likely N-dealkylation sites (N-methyl/N-ethyl adjacent to an activating group) is 1. The third-order valence-corrected chi connectivity index (χ3v) is 4.30. The van der Waals surface area contributed by atoms with Crippen LogP contribution < -0.4 is 16.2 Å². The van der Waals surface area contributed by atoms with Crippen molar-refractivity contribution in [1.82, 2.24) is 9.78 Å². The molecule has 1 atom stereocenters. The summed E-state index contributed by atoms with van der Waals surface area (Å²) in [7, 11) is 1.98. The highest BCUT2D eigenvalue weighted by Gasteiger charge is 2.34. The van der Waals surface area contributed by atoms with E-state index in [2.05, 4.69) is 25.9 Å². The lowest BCUT2D eigenvalue weighted by atomic mass is 10.1. The van der Waals surface area contributed by atoms with Crippen LogP contribution in [0.15, 0.2) is 15.5 Å². The first kappa shape index (κ1) is 13.5. The van der Waals surface area contributed by atoms with Gasteiger partial charge in [0.05, 0.1) is 11.9 Å². The van der Waals surface area contributed by atoms with Crippen molar-refractivity contribution in [2.45, 2.75) is 32.4 Å². The molecule has 0 aromatic carbocycles. The molecule has 1 aromatic rings. The van der Waals surface area contributed by atoms with Crippen LogP contribution in [0.25, 0.3) is 0 Å². The fourth-order valence-corrected chi connectivity index (χ4v) is 2.84. The number of halogens is 1. The van der Waals surface area contributed by atoms with E-state index in [0.29, 0.717) is 29.5 Å². The molecule has 0 amide bonds. The molecule has 100 valence electrons. The number of nitrogens with two attached hydrogens (primary N) is 1. The highest BCUT2D eigenvalue weighted by Crippen LogP contribution is 2.36. The van der Waals surface area contributed by atoms with E-state index >= 15 is 0 Å². The third-order valence-electron chi connectivity index (χ3n) is 3.55. The minimum absolute atomic E-state index is 0.0894. The highest BCUT2D eigenvalue weighted by atomic mass is 79.9. The maximum absolute atomic E-state index is 12.0. The van der Waals surface area contributed by atoms with Gasteiger partial charge in [0.25, 0.3) is 5.56 Å². The second kappa shape index (κ2) is 5.40. The van der Waals surface area contributed by atoms with Crippen LogP contribution in [0.5, 0.6) is 0 Å². The molecular weight excluding hydrogens is 296 g/mol. The molecule has 1 aliphatic carbocycles. The average molecular weight is 315 g/mol. The Morgan fingerprint density at radius 1 is 1.67 bits per heavy atom. The first-order valence-electron chi connectivity index (χ1n) is 6.28. The molecule has 6 heteroatoms. The standard InChI is InChI=1S/C12H19BrN4O/c1-3-17-12(18)11(13)10(7-15-17)16(2)9(6-14)8-4-5-8/h7-9H,3-6,14H2,1-2H3. The summed E-state index contributed by atoms with van der Waals surface area (Å²) in [4.78, 5) is 14.1. The quantitative estimate of drug-likeness (QED) is 0.887. The minimum atomic E-state index is -0.0894. The fourth-order valence-electron chi connectivity index (χ4n) is 2.25. The third kappa shape index (κ3) is 2.44. The van der Waals surface area contributed by atoms with Gasteiger partial charge in [-0.05, 0) is 41.6 Å². The van der Waals surface area contributed by atoms with Gasteiger partial charge in [0.1, 0.15) is 4.47 Å². The molecule has 5 nitrogen and oxygen atoms in total. The maximum atomic E-state index is 12.0. The largest absolute Gasteiger partial charge is 0.368 e. The summed E-state index contributed by atoms with van der Waals surface area (Å²) in [6, 6.07) is 0.292. The summed E-state index contributed by atoms with van der Waals surface area (Å²) in [6.45, 7) is 3.08. The van der Waals surface area contributed by atoms with Crippen LogP contribution in [0.3, 0.4) is 0 Å². The number of nitrogens with zero attached hydrogens (tertiary/aromatic N) is 3. The highest BCUT2D eigenvalue weighted by molar-refractivity contribution is 9.10. The van der Waals surface area contributed by atoms with Crippen LogP contribution in [0.2, 0.25) is 0 Å². The molecule has 1 unspecified atom stereocenters. The molecule has 0 aliphatic heterocycles. The van der Waals surface area contributed by atoms with E-state index in [4.69, 9.17) is 5.73 Å². The van der Waals surface area contributed by atoms with Gasteiger partial charge in [-0.25, -0.2) is 4.68 Å². The molecule has 0 radical (unpaired) electrons. The Morgan fingerprint density at radius 2 is 2.33 bits per heavy atom. The molecule has 18 heavy (non-hydrogen) atoms. The second-order valence-electron chi connectivity index (χ2n) is 4.72. The number of hydrogen-bond acceptors (Lipinski definition) is 4. The van der Waals surface area contributed by atoms with Crippen LogP contribution in [0.1, 0.15) is 19.8 Å². The molecule has 1 fully saturated rings. The van der Waals surface area contributed by atoms with Gasteiger partial charge in [0.15, 0.2) is 0 Å². The van der Waals surface area contributed by atoms with Crippen molar-refractivity contribution in [2.75, 3.05) is 18.5 Å². The van der Waals surface area contributed by atoms with E-state index in [-0.39, 0.29) is 5.56 Å². The number of rotatable bonds is 5. The van der Waals surface area contributed by atoms with Crippen molar-refractivity contribution in [1.29, 1.82) is 0 Å². The normalized spacial score (nSPS) is 16.7. The number of hydrogen-bond donors (Lipinski definition) is 1. The Hall–Kier alpha value is -0.880. The van der Waals surface area contributed by atoms with Crippen molar-refractivity contribution >= 4 is 21.6 Å². The Balaban J connectivity index is 2.32. The van der Waals surface area contributed by atoms with E-state index in [1.807, 2.05) is 14.0 Å². The van der Waals surface area contributed by atoms with Crippen molar-refractivity contribution in [2.24, 2.45) is 11.7 Å². The van der Waals surface area contributed by atoms with Gasteiger partial charge in [0, 0.05) is 26.2 Å². The summed E-state index contributed by atoms with van der Waals surface area (Å²) in [5.74, 6) is 0.653. The minimum Gasteiger partial charge on any atom is -0.368 e. The monoisotopic (exact) mass is 314 g/mol. The first-order chi connectivity index (χ1) is 8.60. The van der Waals surface area contributed by atoms with E-state index < -0.39 is 0 Å². The topological polar surface area (TPSA) is 64.2 Å². The van der Waals surface area contributed by atoms with Crippen molar-refractivity contribution in [3.8, 4) is 0 Å². The van der Waals surface area contributed by atoms with Gasteiger partial charge in [0.2, 0.25) is 0 Å². The lowest BCUT2D eigenvalue weighted by Gasteiger charge is -2.29. The fraction of sp³-hybridized carbons (Fsp3) is 0.667. The Kier molecular flexibility index (Phi) is 4.07. The van der Waals surface area contributed by atoms with Gasteiger partial charge in [-0.3, -0.25) is 4.79 Å². The molecule has 2 N–H and O–H groups in total. The molecule has 1 saturated carbocycles. The summed E-state index contributed by atoms with van der Waals surface area (Å²) in [5, 5.41) is 4.17. The molecule has 1 aromatic heterocycles. The molecule has 0 bridgehead atoms.